The van der Waals surface area contributed by atoms with Crippen LogP contribution in [0.2, 0.25) is 0 Å². The van der Waals surface area contributed by atoms with Gasteiger partial charge in [0.15, 0.2) is 10.1 Å². The number of nitrogens with one attached hydrogen (secondary N) is 1. The van der Waals surface area contributed by atoms with Gasteiger partial charge in [-0.15, -0.1) is 11.3 Å². The van der Waals surface area contributed by atoms with Crippen molar-refractivity contribution in [2.75, 3.05) is 0 Å². The van der Waals surface area contributed by atoms with Crippen LogP contribution in [0.5, 0.6) is 0 Å². The van der Waals surface area contributed by atoms with Crippen LogP contribution in [-0.4, -0.2) is 21.7 Å². The normalized spacial score (nSPS) is 12.2. The summed E-state index contributed by atoms with van der Waals surface area (Å²) in [7, 11) is 0. The SMILES string of the molecule is Cc1nc(S[C@H](C(=O)c2c[nH]c3ccccc23)c2ccccc2)sc1CC(N)=O. The van der Waals surface area contributed by atoms with Gasteiger partial charge >= 0.3 is 0 Å². The van der Waals surface area contributed by atoms with Crippen LogP contribution in [0.1, 0.15) is 31.7 Å². The maximum absolute atomic E-state index is 13.6. The van der Waals surface area contributed by atoms with E-state index in [2.05, 4.69) is 9.97 Å². The van der Waals surface area contributed by atoms with E-state index in [9.17, 15) is 9.59 Å². The van der Waals surface area contributed by atoms with Crippen LogP contribution in [0.15, 0.2) is 65.1 Å². The number of para-hydroxylation sites is 1. The summed E-state index contributed by atoms with van der Waals surface area (Å²) in [4.78, 5) is 33.4. The molecule has 2 aromatic heterocycles. The van der Waals surface area contributed by atoms with Crippen LogP contribution in [0.3, 0.4) is 0 Å². The molecule has 5 nitrogen and oxygen atoms in total. The highest BCUT2D eigenvalue weighted by Crippen LogP contribution is 2.41. The molecule has 3 N–H and O–H groups in total. The molecule has 4 aromatic rings. The molecule has 0 spiro atoms. The van der Waals surface area contributed by atoms with Gasteiger partial charge in [0.2, 0.25) is 5.91 Å². The van der Waals surface area contributed by atoms with E-state index in [1.807, 2.05) is 61.5 Å². The summed E-state index contributed by atoms with van der Waals surface area (Å²) in [6.45, 7) is 1.86. The first-order valence-electron chi connectivity index (χ1n) is 9.09. The van der Waals surface area contributed by atoms with Gasteiger partial charge in [-0.1, -0.05) is 60.3 Å². The number of carbonyl (C=O) groups excluding carboxylic acids is 2. The van der Waals surface area contributed by atoms with Gasteiger partial charge in [-0.25, -0.2) is 4.98 Å². The number of primary amides is 1. The molecule has 2 aromatic carbocycles. The van der Waals surface area contributed by atoms with Crippen molar-refractivity contribution in [3.05, 3.63) is 82.5 Å². The lowest BCUT2D eigenvalue weighted by Gasteiger charge is -2.14. The largest absolute Gasteiger partial charge is 0.369 e. The highest BCUT2D eigenvalue weighted by atomic mass is 32.2. The second-order valence-electron chi connectivity index (χ2n) is 6.65. The standard InChI is InChI=1S/C22H19N3O2S2/c1-13-18(11-19(23)26)28-22(25-13)29-21(14-7-3-2-4-8-14)20(27)16-12-24-17-10-6-5-9-15(16)17/h2-10,12,21,24H,11H2,1H3,(H2,23,26)/t21-/m0/s1. The van der Waals surface area contributed by atoms with Crippen molar-refractivity contribution in [2.45, 2.75) is 22.9 Å². The first kappa shape index (κ1) is 19.4. The third-order valence-electron chi connectivity index (χ3n) is 4.62. The van der Waals surface area contributed by atoms with Gasteiger partial charge in [0.25, 0.3) is 0 Å². The first-order valence-corrected chi connectivity index (χ1v) is 10.8. The Balaban J connectivity index is 1.71. The Bertz CT molecular complexity index is 1180. The van der Waals surface area contributed by atoms with Crippen LogP contribution >= 0.6 is 23.1 Å². The number of Topliss-reactive ketones (excluding diaryl/α,β-unsaturated/α-hetero) is 1. The molecule has 2 heterocycles. The average molecular weight is 422 g/mol. The average Bonchev–Trinajstić information content (AvgIpc) is 3.29. The van der Waals surface area contributed by atoms with E-state index in [4.69, 9.17) is 5.73 Å². The number of carbonyl (C=O) groups is 2. The Morgan fingerprint density at radius 1 is 1.14 bits per heavy atom. The van der Waals surface area contributed by atoms with Gasteiger partial charge in [-0.3, -0.25) is 9.59 Å². The minimum absolute atomic E-state index is 0.0166. The van der Waals surface area contributed by atoms with E-state index in [1.165, 1.54) is 23.1 Å². The second kappa shape index (κ2) is 8.23. The molecule has 0 aliphatic heterocycles. The minimum Gasteiger partial charge on any atom is -0.369 e. The van der Waals surface area contributed by atoms with Gasteiger partial charge in [-0.05, 0) is 18.6 Å². The van der Waals surface area contributed by atoms with Gasteiger partial charge in [0.1, 0.15) is 5.25 Å². The van der Waals surface area contributed by atoms with Crippen molar-refractivity contribution in [3.63, 3.8) is 0 Å². The lowest BCUT2D eigenvalue weighted by molar-refractivity contribution is -0.117. The van der Waals surface area contributed by atoms with Gasteiger partial charge < -0.3 is 10.7 Å². The number of nitrogens with zero attached hydrogens (tertiary/aromatic N) is 1. The third kappa shape index (κ3) is 4.11. The molecule has 1 amide bonds. The molecule has 7 heteroatoms. The summed E-state index contributed by atoms with van der Waals surface area (Å²) in [6, 6.07) is 17.5. The zero-order valence-electron chi connectivity index (χ0n) is 15.7. The molecule has 146 valence electrons. The summed E-state index contributed by atoms with van der Waals surface area (Å²) in [5, 5.41) is 0.464. The molecule has 0 fully saturated rings. The summed E-state index contributed by atoms with van der Waals surface area (Å²) in [5.74, 6) is -0.370. The number of nitrogens with two attached hydrogens (primary N) is 1. The highest BCUT2D eigenvalue weighted by molar-refractivity contribution is 8.01. The fourth-order valence-corrected chi connectivity index (χ4v) is 5.69. The summed E-state index contributed by atoms with van der Waals surface area (Å²) < 4.78 is 0.751. The maximum atomic E-state index is 13.6. The lowest BCUT2D eigenvalue weighted by Crippen LogP contribution is -2.13. The summed E-state index contributed by atoms with van der Waals surface area (Å²) in [5.41, 5.74) is 8.62. The zero-order valence-corrected chi connectivity index (χ0v) is 17.3. The number of aromatic amines is 1. The molecule has 0 saturated heterocycles. The smallest absolute Gasteiger partial charge is 0.222 e. The fraction of sp³-hybridized carbons (Fsp3) is 0.136. The van der Waals surface area contributed by atoms with Crippen LogP contribution in [0.25, 0.3) is 10.9 Å². The predicted octanol–water partition coefficient (Wildman–Crippen LogP) is 4.68. The molecule has 0 aliphatic rings. The number of thiazole rings is 1. The Labute approximate surface area is 176 Å². The number of rotatable bonds is 7. The molecular formula is C22H19N3O2S2. The van der Waals surface area contributed by atoms with Crippen molar-refractivity contribution in [2.24, 2.45) is 5.73 Å². The lowest BCUT2D eigenvalue weighted by atomic mass is 10.0. The monoisotopic (exact) mass is 421 g/mol. The van der Waals surface area contributed by atoms with E-state index in [-0.39, 0.29) is 18.1 Å². The van der Waals surface area contributed by atoms with Crippen LogP contribution in [-0.2, 0) is 11.2 Å². The van der Waals surface area contributed by atoms with Crippen molar-refractivity contribution in [1.29, 1.82) is 0 Å². The summed E-state index contributed by atoms with van der Waals surface area (Å²) in [6.07, 6.45) is 1.94. The van der Waals surface area contributed by atoms with Crippen LogP contribution < -0.4 is 5.73 Å². The number of aryl methyl sites for hydroxylation is 1. The number of ketones is 1. The number of thioether (sulfide) groups is 1. The fourth-order valence-electron chi connectivity index (χ4n) is 3.19. The first-order chi connectivity index (χ1) is 14.0. The van der Waals surface area contributed by atoms with Gasteiger partial charge in [0.05, 0.1) is 12.1 Å². The summed E-state index contributed by atoms with van der Waals surface area (Å²) >= 11 is 2.83. The van der Waals surface area contributed by atoms with Gasteiger partial charge in [-0.2, -0.15) is 0 Å². The highest BCUT2D eigenvalue weighted by Gasteiger charge is 2.27. The second-order valence-corrected chi connectivity index (χ2v) is 9.09. The number of amides is 1. The molecular weight excluding hydrogens is 402 g/mol. The molecule has 4 rings (SSSR count). The van der Waals surface area contributed by atoms with Crippen molar-refractivity contribution >= 4 is 45.7 Å². The number of aromatic nitrogens is 2. The zero-order chi connectivity index (χ0) is 20.4. The Morgan fingerprint density at radius 2 is 1.86 bits per heavy atom. The molecule has 0 bridgehead atoms. The van der Waals surface area contributed by atoms with E-state index < -0.39 is 5.25 Å². The van der Waals surface area contributed by atoms with E-state index in [1.54, 1.807) is 6.20 Å². The number of hydrogen-bond donors (Lipinski definition) is 2. The topological polar surface area (TPSA) is 88.8 Å². The third-order valence-corrected chi connectivity index (χ3v) is 7.13. The van der Waals surface area contributed by atoms with Crippen molar-refractivity contribution in [3.8, 4) is 0 Å². The van der Waals surface area contributed by atoms with Crippen molar-refractivity contribution in [1.82, 2.24) is 9.97 Å². The Morgan fingerprint density at radius 3 is 2.62 bits per heavy atom. The van der Waals surface area contributed by atoms with Gasteiger partial charge in [0, 0.05) is 27.5 Å². The molecule has 1 atom stereocenters. The van der Waals surface area contributed by atoms with Crippen molar-refractivity contribution < 1.29 is 9.59 Å². The van der Waals surface area contributed by atoms with E-state index in [0.29, 0.717) is 5.56 Å². The van der Waals surface area contributed by atoms with Crippen LogP contribution in [0.4, 0.5) is 0 Å². The number of fused-ring (bicyclic) bond motifs is 1. The van der Waals surface area contributed by atoms with E-state index >= 15 is 0 Å². The molecule has 0 radical (unpaired) electrons. The molecule has 0 saturated carbocycles. The Kier molecular flexibility index (Phi) is 5.51. The molecule has 0 aliphatic carbocycles. The minimum atomic E-state index is -0.442. The molecule has 0 unspecified atom stereocenters. The maximum Gasteiger partial charge on any atom is 0.222 e. The van der Waals surface area contributed by atoms with Crippen LogP contribution in [0, 0.1) is 6.92 Å². The number of hydrogen-bond acceptors (Lipinski definition) is 5. The number of benzene rings is 2. The Hall–Kier alpha value is -2.90. The quantitative estimate of drug-likeness (QED) is 0.335. The van der Waals surface area contributed by atoms with E-state index in [0.717, 1.165) is 31.4 Å². The molecule has 29 heavy (non-hydrogen) atoms. The number of H-pyrrole nitrogens is 1. The predicted molar refractivity (Wildman–Crippen MR) is 117 cm³/mol.